The minimum atomic E-state index is -0.214. The molecule has 2 unspecified atom stereocenters. The third-order valence-electron chi connectivity index (χ3n) is 2.61. The monoisotopic (exact) mass is 199 g/mol. The van der Waals surface area contributed by atoms with Crippen molar-refractivity contribution < 1.29 is 4.79 Å². The van der Waals surface area contributed by atoms with Gasteiger partial charge in [0.05, 0.1) is 6.04 Å². The predicted molar refractivity (Wildman–Crippen MR) is 61.2 cm³/mol. The Balaban J connectivity index is 3.71. The Morgan fingerprint density at radius 3 is 2.36 bits per heavy atom. The summed E-state index contributed by atoms with van der Waals surface area (Å²) in [6.07, 6.45) is 5.98. The van der Waals surface area contributed by atoms with Crippen molar-refractivity contribution in [1.82, 2.24) is 0 Å². The number of Topliss-reactive ketones (excluding diaryl/α,β-unsaturated/α-hetero) is 1. The molecule has 0 aromatic carbocycles. The summed E-state index contributed by atoms with van der Waals surface area (Å²) < 4.78 is 0. The van der Waals surface area contributed by atoms with Crippen molar-refractivity contribution in [3.05, 3.63) is 0 Å². The predicted octanol–water partition coefficient (Wildman–Crippen LogP) is 2.90. The van der Waals surface area contributed by atoms with E-state index in [2.05, 4.69) is 20.8 Å². The van der Waals surface area contributed by atoms with Gasteiger partial charge in [0, 0.05) is 6.42 Å². The van der Waals surface area contributed by atoms with Crippen LogP contribution in [-0.4, -0.2) is 11.8 Å². The Bertz CT molecular complexity index is 156. The fourth-order valence-electron chi connectivity index (χ4n) is 1.67. The molecule has 2 N–H and O–H groups in total. The van der Waals surface area contributed by atoms with E-state index in [0.29, 0.717) is 12.3 Å². The zero-order valence-corrected chi connectivity index (χ0v) is 9.88. The fourth-order valence-corrected chi connectivity index (χ4v) is 1.67. The smallest absolute Gasteiger partial charge is 0.149 e. The summed E-state index contributed by atoms with van der Waals surface area (Å²) in [5.41, 5.74) is 5.80. The van der Waals surface area contributed by atoms with E-state index in [1.165, 1.54) is 0 Å². The van der Waals surface area contributed by atoms with Crippen molar-refractivity contribution in [2.24, 2.45) is 11.7 Å². The molecule has 2 heteroatoms. The van der Waals surface area contributed by atoms with Crippen LogP contribution in [0.15, 0.2) is 0 Å². The first-order chi connectivity index (χ1) is 6.61. The molecule has 0 heterocycles. The van der Waals surface area contributed by atoms with E-state index in [1.807, 2.05) is 0 Å². The van der Waals surface area contributed by atoms with E-state index in [1.54, 1.807) is 0 Å². The van der Waals surface area contributed by atoms with Crippen molar-refractivity contribution in [2.45, 2.75) is 65.3 Å². The number of hydrogen-bond acceptors (Lipinski definition) is 2. The van der Waals surface area contributed by atoms with Gasteiger partial charge in [-0.15, -0.1) is 0 Å². The van der Waals surface area contributed by atoms with Crippen LogP contribution in [0.5, 0.6) is 0 Å². The Morgan fingerprint density at radius 2 is 1.86 bits per heavy atom. The highest BCUT2D eigenvalue weighted by molar-refractivity contribution is 5.83. The van der Waals surface area contributed by atoms with Gasteiger partial charge in [0.2, 0.25) is 0 Å². The Morgan fingerprint density at radius 1 is 1.21 bits per heavy atom. The summed E-state index contributed by atoms with van der Waals surface area (Å²) in [5.74, 6) is 0.750. The van der Waals surface area contributed by atoms with Crippen molar-refractivity contribution >= 4 is 5.78 Å². The lowest BCUT2D eigenvalue weighted by Gasteiger charge is -2.13. The molecule has 2 nitrogen and oxygen atoms in total. The minimum Gasteiger partial charge on any atom is -0.322 e. The lowest BCUT2D eigenvalue weighted by Crippen LogP contribution is -2.31. The molecule has 0 spiro atoms. The first kappa shape index (κ1) is 13.6. The van der Waals surface area contributed by atoms with Gasteiger partial charge in [-0.2, -0.15) is 0 Å². The van der Waals surface area contributed by atoms with E-state index in [9.17, 15) is 4.79 Å². The largest absolute Gasteiger partial charge is 0.322 e. The molecular formula is C12H25NO. The van der Waals surface area contributed by atoms with Crippen molar-refractivity contribution in [1.29, 1.82) is 0 Å². The molecule has 84 valence electrons. The van der Waals surface area contributed by atoms with E-state index >= 15 is 0 Å². The van der Waals surface area contributed by atoms with E-state index < -0.39 is 0 Å². The van der Waals surface area contributed by atoms with Crippen LogP contribution < -0.4 is 5.73 Å². The maximum absolute atomic E-state index is 11.6. The number of rotatable bonds is 8. The molecule has 0 saturated carbocycles. The topological polar surface area (TPSA) is 43.1 Å². The molecule has 0 aliphatic carbocycles. The molecule has 0 bridgehead atoms. The summed E-state index contributed by atoms with van der Waals surface area (Å²) in [5, 5.41) is 0. The summed E-state index contributed by atoms with van der Waals surface area (Å²) in [4.78, 5) is 11.6. The van der Waals surface area contributed by atoms with E-state index in [-0.39, 0.29) is 11.8 Å². The van der Waals surface area contributed by atoms with Gasteiger partial charge in [0.15, 0.2) is 0 Å². The van der Waals surface area contributed by atoms with Crippen molar-refractivity contribution in [3.63, 3.8) is 0 Å². The fraction of sp³-hybridized carbons (Fsp3) is 0.917. The quantitative estimate of drug-likeness (QED) is 0.653. The van der Waals surface area contributed by atoms with Gasteiger partial charge in [-0.05, 0) is 12.3 Å². The molecular weight excluding hydrogens is 174 g/mol. The minimum absolute atomic E-state index is 0.214. The van der Waals surface area contributed by atoms with Gasteiger partial charge in [-0.3, -0.25) is 4.79 Å². The van der Waals surface area contributed by atoms with Crippen LogP contribution >= 0.6 is 0 Å². The SMILES string of the molecule is CCCCC(N)C(=O)CC(C)CCC. The maximum atomic E-state index is 11.6. The zero-order chi connectivity index (χ0) is 11.0. The van der Waals surface area contributed by atoms with Crippen LogP contribution in [0.2, 0.25) is 0 Å². The van der Waals surface area contributed by atoms with Crippen LogP contribution in [0.1, 0.15) is 59.3 Å². The average molecular weight is 199 g/mol. The molecule has 0 radical (unpaired) electrons. The third kappa shape index (κ3) is 6.14. The summed E-state index contributed by atoms with van der Waals surface area (Å²) in [7, 11) is 0. The molecule has 0 aromatic rings. The first-order valence-electron chi connectivity index (χ1n) is 5.90. The maximum Gasteiger partial charge on any atom is 0.149 e. The molecule has 0 amide bonds. The molecule has 0 rings (SSSR count). The number of carbonyl (C=O) groups excluding carboxylic acids is 1. The molecule has 14 heavy (non-hydrogen) atoms. The van der Waals surface area contributed by atoms with Gasteiger partial charge >= 0.3 is 0 Å². The van der Waals surface area contributed by atoms with Gasteiger partial charge in [-0.1, -0.05) is 46.5 Å². The molecule has 0 saturated heterocycles. The summed E-state index contributed by atoms with van der Waals surface area (Å²) in [6, 6.07) is -0.214. The van der Waals surface area contributed by atoms with E-state index in [0.717, 1.165) is 32.1 Å². The standard InChI is InChI=1S/C12H25NO/c1-4-6-8-11(13)12(14)9-10(3)7-5-2/h10-11H,4-9,13H2,1-3H3. The van der Waals surface area contributed by atoms with Crippen LogP contribution in [0.3, 0.4) is 0 Å². The molecule has 0 fully saturated rings. The second kappa shape index (κ2) is 7.98. The third-order valence-corrected chi connectivity index (χ3v) is 2.61. The number of nitrogens with two attached hydrogens (primary N) is 1. The molecule has 0 aliphatic heterocycles. The zero-order valence-electron chi connectivity index (χ0n) is 9.88. The molecule has 0 aromatic heterocycles. The van der Waals surface area contributed by atoms with Gasteiger partial charge in [-0.25, -0.2) is 0 Å². The van der Waals surface area contributed by atoms with Crippen LogP contribution in [0.25, 0.3) is 0 Å². The van der Waals surface area contributed by atoms with Crippen molar-refractivity contribution in [3.8, 4) is 0 Å². The molecule has 0 aliphatic rings. The lowest BCUT2D eigenvalue weighted by molar-refractivity contribution is -0.121. The van der Waals surface area contributed by atoms with Crippen molar-refractivity contribution in [2.75, 3.05) is 0 Å². The Hall–Kier alpha value is -0.370. The normalized spacial score (nSPS) is 15.1. The van der Waals surface area contributed by atoms with Gasteiger partial charge in [0.1, 0.15) is 5.78 Å². The second-order valence-corrected chi connectivity index (χ2v) is 4.31. The number of hydrogen-bond donors (Lipinski definition) is 1. The number of unbranched alkanes of at least 4 members (excludes halogenated alkanes) is 1. The highest BCUT2D eigenvalue weighted by Gasteiger charge is 2.15. The summed E-state index contributed by atoms with van der Waals surface area (Å²) >= 11 is 0. The average Bonchev–Trinajstić information content (AvgIpc) is 2.14. The van der Waals surface area contributed by atoms with E-state index in [4.69, 9.17) is 5.73 Å². The number of carbonyl (C=O) groups is 1. The number of ketones is 1. The highest BCUT2D eigenvalue weighted by atomic mass is 16.1. The Kier molecular flexibility index (Phi) is 7.77. The molecule has 2 atom stereocenters. The highest BCUT2D eigenvalue weighted by Crippen LogP contribution is 2.12. The lowest BCUT2D eigenvalue weighted by atomic mass is 9.95. The van der Waals surface area contributed by atoms with Gasteiger partial charge < -0.3 is 5.73 Å². The Labute approximate surface area is 88.3 Å². The van der Waals surface area contributed by atoms with Gasteiger partial charge in [0.25, 0.3) is 0 Å². The van der Waals surface area contributed by atoms with Crippen LogP contribution in [0.4, 0.5) is 0 Å². The van der Waals surface area contributed by atoms with Crippen LogP contribution in [-0.2, 0) is 4.79 Å². The first-order valence-corrected chi connectivity index (χ1v) is 5.90. The summed E-state index contributed by atoms with van der Waals surface area (Å²) in [6.45, 7) is 6.41. The second-order valence-electron chi connectivity index (χ2n) is 4.31. The van der Waals surface area contributed by atoms with Crippen LogP contribution in [0, 0.1) is 5.92 Å².